The third kappa shape index (κ3) is 8.35. The van der Waals surface area contributed by atoms with Crippen molar-refractivity contribution in [2.75, 3.05) is 0 Å². The molecule has 0 aliphatic carbocycles. The van der Waals surface area contributed by atoms with Crippen LogP contribution in [0.1, 0.15) is 55.4 Å². The first-order valence-electron chi connectivity index (χ1n) is 17.3. The van der Waals surface area contributed by atoms with Crippen molar-refractivity contribution in [3.8, 4) is 0 Å². The van der Waals surface area contributed by atoms with Crippen LogP contribution in [0.15, 0.2) is 133 Å². The van der Waals surface area contributed by atoms with E-state index in [9.17, 15) is 0 Å². The average molecular weight is 837 g/mol. The Hall–Kier alpha value is -2.17. The largest absolute Gasteiger partial charge is 1.00 e. The normalized spacial score (nSPS) is 12.7. The minimum Gasteiger partial charge on any atom is -0.238 e. The Balaban J connectivity index is 0.000000643. The van der Waals surface area contributed by atoms with Crippen LogP contribution in [-0.4, -0.2) is 36.1 Å². The third-order valence-corrected chi connectivity index (χ3v) is 16.7. The smallest absolute Gasteiger partial charge is 0.238 e. The molecule has 0 saturated carbocycles. The summed E-state index contributed by atoms with van der Waals surface area (Å²) in [6.07, 6.45) is 0. The van der Waals surface area contributed by atoms with Gasteiger partial charge in [-0.3, -0.25) is 0 Å². The first-order chi connectivity index (χ1) is 22.2. The Labute approximate surface area is 304 Å². The molecule has 0 amide bonds. The molecule has 47 heavy (non-hydrogen) atoms. The van der Waals surface area contributed by atoms with Crippen LogP contribution < -0.4 is 43.4 Å². The van der Waals surface area contributed by atoms with Crippen LogP contribution in [0, 0.1) is 0 Å². The van der Waals surface area contributed by atoms with Crippen LogP contribution in [0.2, 0.25) is 0 Å². The molecule has 0 fully saturated rings. The molecule has 5 aromatic rings. The van der Waals surface area contributed by atoms with E-state index in [0.29, 0.717) is 22.6 Å². The zero-order valence-electron chi connectivity index (χ0n) is 29.5. The molecular weight excluding hydrogens is 785 g/mol. The van der Waals surface area contributed by atoms with Gasteiger partial charge in [0.2, 0.25) is 6.71 Å². The number of benzene rings is 5. The molecule has 0 spiro atoms. The maximum Gasteiger partial charge on any atom is 1.00 e. The van der Waals surface area contributed by atoms with Gasteiger partial charge in [0, 0.05) is 15.8 Å². The van der Waals surface area contributed by atoms with Crippen molar-refractivity contribution >= 4 is 72.7 Å². The first kappa shape index (κ1) is 37.6. The second kappa shape index (κ2) is 17.5. The van der Waals surface area contributed by atoms with E-state index in [1.807, 2.05) is 36.4 Å². The maximum atomic E-state index is 2.45. The summed E-state index contributed by atoms with van der Waals surface area (Å²) in [4.78, 5) is 0. The van der Waals surface area contributed by atoms with Gasteiger partial charge in [-0.1, -0.05) is 109 Å². The molecule has 0 unspecified atom stereocenters. The zero-order chi connectivity index (χ0) is 32.8. The maximum absolute atomic E-state index is 2.45. The van der Waals surface area contributed by atoms with Crippen molar-refractivity contribution in [2.24, 2.45) is 0 Å². The molecule has 1 aliphatic heterocycles. The molecule has 5 aromatic carbocycles. The Morgan fingerprint density at radius 2 is 0.702 bits per heavy atom. The van der Waals surface area contributed by atoms with Gasteiger partial charge in [-0.25, -0.2) is 10.9 Å². The second-order valence-corrected chi connectivity index (χ2v) is 21.5. The van der Waals surface area contributed by atoms with E-state index >= 15 is 0 Å². The van der Waals surface area contributed by atoms with Crippen molar-refractivity contribution in [3.05, 3.63) is 133 Å². The topological polar surface area (TPSA) is 0 Å². The monoisotopic (exact) mass is 837 g/mol. The van der Waals surface area contributed by atoms with E-state index in [4.69, 9.17) is 0 Å². The summed E-state index contributed by atoms with van der Waals surface area (Å²) in [5.74, 6) is 0. The van der Waals surface area contributed by atoms with E-state index in [1.54, 1.807) is 10.6 Å². The molecule has 0 bridgehead atoms. The van der Waals surface area contributed by atoms with Crippen molar-refractivity contribution in [3.63, 3.8) is 0 Å². The Bertz CT molecular complexity index is 1500. The number of hydrogen-bond donors (Lipinski definition) is 0. The number of rotatable bonds is 8. The van der Waals surface area contributed by atoms with Crippen molar-refractivity contribution in [1.29, 1.82) is 0 Å². The van der Waals surface area contributed by atoms with Gasteiger partial charge < -0.3 is 0 Å². The van der Waals surface area contributed by atoms with Crippen LogP contribution in [-0.2, 0) is 22.4 Å². The molecule has 1 heterocycles. The summed E-state index contributed by atoms with van der Waals surface area (Å²) in [5, 5.41) is 3.24. The van der Waals surface area contributed by atoms with Crippen molar-refractivity contribution in [2.45, 2.75) is 78.0 Å². The molecule has 1 radical (unpaired) electrons. The third-order valence-electron chi connectivity index (χ3n) is 9.56. The molecule has 0 N–H and O–H groups in total. The van der Waals surface area contributed by atoms with E-state index in [2.05, 4.69) is 152 Å². The van der Waals surface area contributed by atoms with Gasteiger partial charge in [0.25, 0.3) is 0 Å². The first-order valence-corrected chi connectivity index (χ1v) is 20.6. The Kier molecular flexibility index (Phi) is 14.0. The summed E-state index contributed by atoms with van der Waals surface area (Å²) < 4.78 is 0. The van der Waals surface area contributed by atoms with E-state index < -0.39 is 15.8 Å². The summed E-state index contributed by atoms with van der Waals surface area (Å²) in [6.45, 7) is 20.0. The standard InChI is InChI=1S/C36H44B2P2.C6H6.Au/c1-25(2)39(26(3)4)35-23-15-13-21-33(35)37-29-17-9-11-19-31(29)38(32-20-12-10-18-30(32)37)34-22-14-16-24-36(34)40(27(5)6)28(7)8;1-2-4-6-5-3-1;/h9-28H,1-8H3;1-6H;/q-1;;+1/p+2. The molecule has 245 valence electrons. The zero-order valence-corrected chi connectivity index (χ0v) is 33.6. The number of fused-ring (bicyclic) bond motifs is 2. The summed E-state index contributed by atoms with van der Waals surface area (Å²) >= 11 is 0. The van der Waals surface area contributed by atoms with Gasteiger partial charge in [0.1, 0.15) is 0 Å². The van der Waals surface area contributed by atoms with Crippen LogP contribution in [0.4, 0.5) is 0 Å². The molecule has 0 nitrogen and oxygen atoms in total. The molecule has 5 heteroatoms. The van der Waals surface area contributed by atoms with Crippen LogP contribution in [0.3, 0.4) is 0 Å². The van der Waals surface area contributed by atoms with E-state index in [0.717, 1.165) is 0 Å². The molecule has 0 saturated heterocycles. The summed E-state index contributed by atoms with van der Waals surface area (Å²) in [6, 6.07) is 49.6. The van der Waals surface area contributed by atoms with Gasteiger partial charge in [0.05, 0.1) is 33.2 Å². The molecule has 6 rings (SSSR count). The van der Waals surface area contributed by atoms with Crippen LogP contribution in [0.5, 0.6) is 0 Å². The van der Waals surface area contributed by atoms with Gasteiger partial charge in [-0.15, -0.1) is 23.1 Å². The van der Waals surface area contributed by atoms with Gasteiger partial charge in [-0.05, 0) is 79.7 Å². The van der Waals surface area contributed by atoms with Crippen LogP contribution >= 0.6 is 15.8 Å². The van der Waals surface area contributed by atoms with Crippen molar-refractivity contribution < 1.29 is 22.4 Å². The summed E-state index contributed by atoms with van der Waals surface area (Å²) in [5.41, 5.74) is 11.8. The van der Waals surface area contributed by atoms with Gasteiger partial charge in [0.15, 0.2) is 0 Å². The fourth-order valence-electron chi connectivity index (χ4n) is 8.06. The van der Waals surface area contributed by atoms with E-state index in [-0.39, 0.29) is 35.8 Å². The Morgan fingerprint density at radius 1 is 0.383 bits per heavy atom. The SMILES string of the molecule is CC(C)[PH+](c1ccccc1B1c2ccccc2[B-](c2ccccc2[PH+](C(C)C)C(C)C)c2ccccc21)C(C)C.[Au+].c1ccccc1. The second-order valence-electron chi connectivity index (χ2n) is 14.0. The average Bonchev–Trinajstić information content (AvgIpc) is 3.05. The van der Waals surface area contributed by atoms with Gasteiger partial charge in [-0.2, -0.15) is 5.46 Å². The molecule has 0 atom stereocenters. The minimum absolute atomic E-state index is 0. The summed E-state index contributed by atoms with van der Waals surface area (Å²) in [7, 11) is -1.47. The Morgan fingerprint density at radius 3 is 1.13 bits per heavy atom. The molecular formula is C42H52AuB2P2+2. The fourth-order valence-corrected chi connectivity index (χ4v) is 14.9. The molecule has 1 aliphatic rings. The van der Waals surface area contributed by atoms with Crippen molar-refractivity contribution in [1.82, 2.24) is 0 Å². The molecule has 0 aromatic heterocycles. The van der Waals surface area contributed by atoms with Gasteiger partial charge >= 0.3 is 22.4 Å². The van der Waals surface area contributed by atoms with E-state index in [1.165, 1.54) is 32.8 Å². The predicted molar refractivity (Wildman–Crippen MR) is 218 cm³/mol. The predicted octanol–water partition coefficient (Wildman–Crippen LogP) is 6.03. The van der Waals surface area contributed by atoms with Crippen LogP contribution in [0.25, 0.3) is 0 Å². The minimum atomic E-state index is -0.735. The fraction of sp³-hybridized carbons (Fsp3) is 0.286. The quantitative estimate of drug-likeness (QED) is 0.130. The number of hydrogen-bond acceptors (Lipinski definition) is 0.